The number of aromatic nitrogens is 2. The van der Waals surface area contributed by atoms with Gasteiger partial charge >= 0.3 is 0 Å². The Bertz CT molecular complexity index is 520. The molecule has 4 nitrogen and oxygen atoms in total. The van der Waals surface area contributed by atoms with Gasteiger partial charge in [-0.15, -0.1) is 0 Å². The Kier molecular flexibility index (Phi) is 4.42. The molecule has 0 radical (unpaired) electrons. The Morgan fingerprint density at radius 3 is 3.10 bits per heavy atom. The molecule has 1 aliphatic carbocycles. The number of allylic oxidation sites excluding steroid dienone is 2. The van der Waals surface area contributed by atoms with Crippen molar-refractivity contribution in [2.75, 3.05) is 13.1 Å². The fourth-order valence-electron chi connectivity index (χ4n) is 3.58. The first kappa shape index (κ1) is 14.4. The normalized spacial score (nSPS) is 25.5. The molecule has 1 aromatic heterocycles. The van der Waals surface area contributed by atoms with Crippen LogP contribution in [0.5, 0.6) is 0 Å². The summed E-state index contributed by atoms with van der Waals surface area (Å²) < 4.78 is 2.27. The number of nitrogens with zero attached hydrogens (tertiary/aromatic N) is 3. The SMILES string of the molecule is CCc1nccn1[C@@H]1CCCN(C(=O)C[C@H]2C=CCC2)C1. The van der Waals surface area contributed by atoms with Gasteiger partial charge in [0.15, 0.2) is 0 Å². The van der Waals surface area contributed by atoms with Crippen LogP contribution in [0.2, 0.25) is 0 Å². The number of carbonyl (C=O) groups is 1. The topological polar surface area (TPSA) is 38.1 Å². The maximum atomic E-state index is 12.5. The Hall–Kier alpha value is -1.58. The summed E-state index contributed by atoms with van der Waals surface area (Å²) in [4.78, 5) is 19.0. The third kappa shape index (κ3) is 3.20. The molecule has 2 aliphatic rings. The van der Waals surface area contributed by atoms with Gasteiger partial charge in [-0.25, -0.2) is 4.98 Å². The van der Waals surface area contributed by atoms with Crippen molar-refractivity contribution < 1.29 is 4.79 Å². The number of aryl methyl sites for hydroxylation is 1. The van der Waals surface area contributed by atoms with Crippen LogP contribution in [0, 0.1) is 5.92 Å². The highest BCUT2D eigenvalue weighted by Gasteiger charge is 2.27. The summed E-state index contributed by atoms with van der Waals surface area (Å²) in [5.74, 6) is 1.93. The van der Waals surface area contributed by atoms with Gasteiger partial charge in [0.1, 0.15) is 5.82 Å². The van der Waals surface area contributed by atoms with Crippen LogP contribution in [0.1, 0.15) is 50.9 Å². The second-order valence-electron chi connectivity index (χ2n) is 6.21. The minimum absolute atomic E-state index is 0.328. The van der Waals surface area contributed by atoms with Crippen LogP contribution < -0.4 is 0 Å². The van der Waals surface area contributed by atoms with Gasteiger partial charge in [0.25, 0.3) is 0 Å². The van der Waals surface area contributed by atoms with E-state index < -0.39 is 0 Å². The lowest BCUT2D eigenvalue weighted by atomic mass is 10.0. The monoisotopic (exact) mass is 287 g/mol. The molecule has 0 spiro atoms. The number of rotatable bonds is 4. The van der Waals surface area contributed by atoms with E-state index >= 15 is 0 Å². The number of hydrogen-bond donors (Lipinski definition) is 0. The molecule has 0 unspecified atom stereocenters. The fraction of sp³-hybridized carbons (Fsp3) is 0.647. The quantitative estimate of drug-likeness (QED) is 0.799. The molecule has 1 fully saturated rings. The van der Waals surface area contributed by atoms with Gasteiger partial charge in [-0.05, 0) is 31.6 Å². The molecular weight excluding hydrogens is 262 g/mol. The summed E-state index contributed by atoms with van der Waals surface area (Å²) in [5, 5.41) is 0. The van der Waals surface area contributed by atoms with Gasteiger partial charge in [0.2, 0.25) is 5.91 Å². The number of carbonyl (C=O) groups excluding carboxylic acids is 1. The van der Waals surface area contributed by atoms with Crippen molar-refractivity contribution >= 4 is 5.91 Å². The summed E-state index contributed by atoms with van der Waals surface area (Å²) in [7, 11) is 0. The third-order valence-electron chi connectivity index (χ3n) is 4.76. The first-order valence-corrected chi connectivity index (χ1v) is 8.24. The molecule has 0 bridgehead atoms. The lowest BCUT2D eigenvalue weighted by molar-refractivity contribution is -0.133. The van der Waals surface area contributed by atoms with E-state index in [-0.39, 0.29) is 0 Å². The van der Waals surface area contributed by atoms with Gasteiger partial charge in [-0.2, -0.15) is 0 Å². The van der Waals surface area contributed by atoms with Crippen LogP contribution in [-0.2, 0) is 11.2 Å². The molecule has 2 atom stereocenters. The first-order chi connectivity index (χ1) is 10.3. The van der Waals surface area contributed by atoms with E-state index in [2.05, 4.69) is 39.7 Å². The van der Waals surface area contributed by atoms with Gasteiger partial charge < -0.3 is 9.47 Å². The second-order valence-corrected chi connectivity index (χ2v) is 6.21. The molecule has 1 amide bonds. The zero-order chi connectivity index (χ0) is 14.7. The number of likely N-dealkylation sites (tertiary alicyclic amines) is 1. The van der Waals surface area contributed by atoms with Gasteiger partial charge in [-0.1, -0.05) is 19.1 Å². The van der Waals surface area contributed by atoms with Crippen LogP contribution in [0.15, 0.2) is 24.5 Å². The van der Waals surface area contributed by atoms with Crippen molar-refractivity contribution in [3.8, 4) is 0 Å². The number of imidazole rings is 1. The molecule has 21 heavy (non-hydrogen) atoms. The van der Waals surface area contributed by atoms with Gasteiger partial charge in [0.05, 0.1) is 6.04 Å². The minimum Gasteiger partial charge on any atom is -0.341 e. The van der Waals surface area contributed by atoms with Gasteiger partial charge in [0, 0.05) is 38.3 Å². The molecule has 1 aliphatic heterocycles. The van der Waals surface area contributed by atoms with E-state index in [9.17, 15) is 4.79 Å². The summed E-state index contributed by atoms with van der Waals surface area (Å²) in [6.07, 6.45) is 14.5. The largest absolute Gasteiger partial charge is 0.341 e. The summed E-state index contributed by atoms with van der Waals surface area (Å²) >= 11 is 0. The molecule has 4 heteroatoms. The van der Waals surface area contributed by atoms with Crippen LogP contribution in [0.25, 0.3) is 0 Å². The average Bonchev–Trinajstić information content (AvgIpc) is 3.18. The highest BCUT2D eigenvalue weighted by molar-refractivity contribution is 5.76. The van der Waals surface area contributed by atoms with Crippen LogP contribution in [0.3, 0.4) is 0 Å². The minimum atomic E-state index is 0.328. The maximum Gasteiger partial charge on any atom is 0.223 e. The summed E-state index contributed by atoms with van der Waals surface area (Å²) in [6.45, 7) is 3.90. The van der Waals surface area contributed by atoms with E-state index in [0.717, 1.165) is 51.0 Å². The van der Waals surface area contributed by atoms with Crippen LogP contribution in [0.4, 0.5) is 0 Å². The van der Waals surface area contributed by atoms with Gasteiger partial charge in [-0.3, -0.25) is 4.79 Å². The van der Waals surface area contributed by atoms with E-state index in [1.165, 1.54) is 0 Å². The van der Waals surface area contributed by atoms with Crippen molar-refractivity contribution in [3.63, 3.8) is 0 Å². The molecule has 1 aromatic rings. The Morgan fingerprint density at radius 1 is 1.43 bits per heavy atom. The Morgan fingerprint density at radius 2 is 2.33 bits per heavy atom. The molecule has 2 heterocycles. The third-order valence-corrected chi connectivity index (χ3v) is 4.76. The number of hydrogen-bond acceptors (Lipinski definition) is 2. The smallest absolute Gasteiger partial charge is 0.223 e. The molecule has 114 valence electrons. The standard InChI is InChI=1S/C17H25N3O/c1-2-16-18-9-11-20(16)15-8-5-10-19(13-15)17(21)12-14-6-3-4-7-14/h3,6,9,11,14-15H,2,4-5,7-8,10,12-13H2,1H3/t14-,15+/m0/s1. The predicted octanol–water partition coefficient (Wildman–Crippen LogP) is 2.97. The number of piperidine rings is 1. The van der Waals surface area contributed by atoms with Crippen molar-refractivity contribution in [2.24, 2.45) is 5.92 Å². The second kappa shape index (κ2) is 6.46. The molecule has 1 saturated heterocycles. The fourth-order valence-corrected chi connectivity index (χ4v) is 3.58. The van der Waals surface area contributed by atoms with E-state index in [4.69, 9.17) is 0 Å². The van der Waals surface area contributed by atoms with Crippen molar-refractivity contribution in [2.45, 2.75) is 51.5 Å². The Labute approximate surface area is 126 Å². The van der Waals surface area contributed by atoms with E-state index in [1.54, 1.807) is 0 Å². The van der Waals surface area contributed by atoms with Crippen LogP contribution >= 0.6 is 0 Å². The zero-order valence-corrected chi connectivity index (χ0v) is 12.9. The van der Waals surface area contributed by atoms with E-state index in [0.29, 0.717) is 24.3 Å². The predicted molar refractivity (Wildman–Crippen MR) is 82.9 cm³/mol. The zero-order valence-electron chi connectivity index (χ0n) is 12.9. The molecule has 0 saturated carbocycles. The summed E-state index contributed by atoms with van der Waals surface area (Å²) in [6, 6.07) is 0.402. The summed E-state index contributed by atoms with van der Waals surface area (Å²) in [5.41, 5.74) is 0. The highest BCUT2D eigenvalue weighted by Crippen LogP contribution is 2.26. The molecule has 0 N–H and O–H groups in total. The van der Waals surface area contributed by atoms with E-state index in [1.807, 2.05) is 6.20 Å². The van der Waals surface area contributed by atoms with Crippen molar-refractivity contribution in [1.82, 2.24) is 14.5 Å². The highest BCUT2D eigenvalue weighted by atomic mass is 16.2. The Balaban J connectivity index is 1.62. The van der Waals surface area contributed by atoms with Crippen molar-refractivity contribution in [1.29, 1.82) is 0 Å². The lowest BCUT2D eigenvalue weighted by Crippen LogP contribution is -2.41. The molecule has 0 aromatic carbocycles. The average molecular weight is 287 g/mol. The maximum absolute atomic E-state index is 12.5. The van der Waals surface area contributed by atoms with Crippen LogP contribution in [-0.4, -0.2) is 33.4 Å². The molecule has 3 rings (SSSR count). The number of amides is 1. The van der Waals surface area contributed by atoms with Crippen molar-refractivity contribution in [3.05, 3.63) is 30.4 Å². The first-order valence-electron chi connectivity index (χ1n) is 8.24. The lowest BCUT2D eigenvalue weighted by Gasteiger charge is -2.34. The molecular formula is C17H25N3O.